The summed E-state index contributed by atoms with van der Waals surface area (Å²) in [6.45, 7) is 2.63. The Morgan fingerprint density at radius 2 is 1.96 bits per heavy atom. The van der Waals surface area contributed by atoms with Crippen LogP contribution in [0.5, 0.6) is 5.75 Å². The first-order valence-electron chi connectivity index (χ1n) is 7.24. The van der Waals surface area contributed by atoms with E-state index in [0.29, 0.717) is 17.8 Å². The van der Waals surface area contributed by atoms with E-state index in [1.54, 1.807) is 0 Å². The molecule has 23 heavy (non-hydrogen) atoms. The fourth-order valence-electron chi connectivity index (χ4n) is 2.17. The Kier molecular flexibility index (Phi) is 4.68. The van der Waals surface area contributed by atoms with E-state index in [9.17, 15) is 4.79 Å². The summed E-state index contributed by atoms with van der Waals surface area (Å²) >= 11 is 1.13. The first kappa shape index (κ1) is 15.2. The van der Waals surface area contributed by atoms with Crippen LogP contribution in [-0.2, 0) is 4.79 Å². The summed E-state index contributed by atoms with van der Waals surface area (Å²) in [4.78, 5) is 12.2. The highest BCUT2D eigenvalue weighted by molar-refractivity contribution is 7.00. The van der Waals surface area contributed by atoms with Crippen molar-refractivity contribution in [3.63, 3.8) is 0 Å². The van der Waals surface area contributed by atoms with E-state index >= 15 is 0 Å². The number of anilines is 2. The average molecular weight is 328 g/mol. The van der Waals surface area contributed by atoms with Gasteiger partial charge in [-0.15, -0.1) is 0 Å². The van der Waals surface area contributed by atoms with E-state index in [1.807, 2.05) is 49.4 Å². The van der Waals surface area contributed by atoms with Gasteiger partial charge in [0.05, 0.1) is 36.3 Å². The van der Waals surface area contributed by atoms with Crippen molar-refractivity contribution >= 4 is 40.0 Å². The Morgan fingerprint density at radius 1 is 1.13 bits per heavy atom. The molecule has 0 aliphatic rings. The number of benzene rings is 2. The van der Waals surface area contributed by atoms with Crippen LogP contribution in [0.1, 0.15) is 6.92 Å². The molecule has 0 radical (unpaired) electrons. The largest absolute Gasteiger partial charge is 0.492 e. The lowest BCUT2D eigenvalue weighted by Crippen LogP contribution is -2.22. The number of ether oxygens (including phenoxy) is 1. The minimum Gasteiger partial charge on any atom is -0.492 e. The molecule has 1 aromatic heterocycles. The minimum absolute atomic E-state index is 0.137. The van der Waals surface area contributed by atoms with Gasteiger partial charge in [-0.05, 0) is 31.2 Å². The molecule has 0 saturated carbocycles. The lowest BCUT2D eigenvalue weighted by molar-refractivity contribution is -0.114. The Balaban J connectivity index is 1.65. The molecule has 0 atom stereocenters. The molecule has 0 fully saturated rings. The first-order chi connectivity index (χ1) is 11.3. The molecule has 0 bridgehead atoms. The Morgan fingerprint density at radius 3 is 2.83 bits per heavy atom. The smallest absolute Gasteiger partial charge is 0.243 e. The summed E-state index contributed by atoms with van der Waals surface area (Å²) in [5.74, 6) is 0.574. The fraction of sp³-hybridized carbons (Fsp3) is 0.188. The molecule has 6 nitrogen and oxygen atoms in total. The molecule has 2 aromatic carbocycles. The van der Waals surface area contributed by atoms with Gasteiger partial charge in [0.2, 0.25) is 5.91 Å². The van der Waals surface area contributed by atoms with Gasteiger partial charge in [0.15, 0.2) is 0 Å². The molecular formula is C16H16N4O2S. The van der Waals surface area contributed by atoms with Crippen molar-refractivity contribution in [2.45, 2.75) is 6.92 Å². The van der Waals surface area contributed by atoms with Crippen LogP contribution in [0.4, 0.5) is 11.4 Å². The van der Waals surface area contributed by atoms with E-state index in [4.69, 9.17) is 4.74 Å². The number of hydrogen-bond donors (Lipinski definition) is 2. The zero-order valence-electron chi connectivity index (χ0n) is 12.6. The van der Waals surface area contributed by atoms with Crippen molar-refractivity contribution in [1.29, 1.82) is 0 Å². The van der Waals surface area contributed by atoms with Crippen molar-refractivity contribution in [3.8, 4) is 5.75 Å². The van der Waals surface area contributed by atoms with E-state index in [0.717, 1.165) is 28.7 Å². The fourth-order valence-corrected chi connectivity index (χ4v) is 2.72. The van der Waals surface area contributed by atoms with Crippen molar-refractivity contribution in [1.82, 2.24) is 8.75 Å². The first-order valence-corrected chi connectivity index (χ1v) is 7.98. The van der Waals surface area contributed by atoms with Crippen molar-refractivity contribution in [3.05, 3.63) is 42.5 Å². The summed E-state index contributed by atoms with van der Waals surface area (Å²) in [5, 5.41) is 5.94. The number of hydrogen-bond acceptors (Lipinski definition) is 6. The van der Waals surface area contributed by atoms with Crippen molar-refractivity contribution in [2.75, 3.05) is 23.8 Å². The highest BCUT2D eigenvalue weighted by Gasteiger charge is 2.09. The number of rotatable bonds is 6. The van der Waals surface area contributed by atoms with Crippen LogP contribution in [0.3, 0.4) is 0 Å². The number of carbonyl (C=O) groups is 1. The van der Waals surface area contributed by atoms with E-state index in [2.05, 4.69) is 19.4 Å². The van der Waals surface area contributed by atoms with Crippen LogP contribution < -0.4 is 15.4 Å². The maximum Gasteiger partial charge on any atom is 0.243 e. The molecule has 1 heterocycles. The quantitative estimate of drug-likeness (QED) is 0.727. The standard InChI is InChI=1S/C16H16N4O2S/c1-2-22-14-9-4-3-6-11(14)17-10-15(21)18-12-7-5-8-13-16(12)20-23-19-13/h3-9,17H,2,10H2,1H3,(H,18,21). The Hall–Kier alpha value is -2.67. The highest BCUT2D eigenvalue weighted by Crippen LogP contribution is 2.24. The second kappa shape index (κ2) is 7.06. The predicted molar refractivity (Wildman–Crippen MR) is 92.1 cm³/mol. The number of fused-ring (bicyclic) bond motifs is 1. The molecular weight excluding hydrogens is 312 g/mol. The molecule has 0 saturated heterocycles. The van der Waals surface area contributed by atoms with Crippen molar-refractivity contribution in [2.24, 2.45) is 0 Å². The third-order valence-corrected chi connectivity index (χ3v) is 3.73. The van der Waals surface area contributed by atoms with E-state index < -0.39 is 0 Å². The Bertz CT molecular complexity index is 818. The zero-order valence-corrected chi connectivity index (χ0v) is 13.4. The molecule has 2 N–H and O–H groups in total. The number of para-hydroxylation sites is 2. The summed E-state index contributed by atoms with van der Waals surface area (Å²) in [5.41, 5.74) is 2.95. The summed E-state index contributed by atoms with van der Waals surface area (Å²) < 4.78 is 13.9. The minimum atomic E-state index is -0.156. The van der Waals surface area contributed by atoms with Gasteiger partial charge >= 0.3 is 0 Å². The summed E-state index contributed by atoms with van der Waals surface area (Å²) in [6.07, 6.45) is 0. The molecule has 7 heteroatoms. The van der Waals surface area contributed by atoms with Crippen LogP contribution in [0, 0.1) is 0 Å². The zero-order chi connectivity index (χ0) is 16.1. The summed E-state index contributed by atoms with van der Waals surface area (Å²) in [7, 11) is 0. The van der Waals surface area contributed by atoms with Gasteiger partial charge in [-0.2, -0.15) is 8.75 Å². The lowest BCUT2D eigenvalue weighted by Gasteiger charge is -2.12. The topological polar surface area (TPSA) is 76.1 Å². The van der Waals surface area contributed by atoms with E-state index in [-0.39, 0.29) is 12.5 Å². The van der Waals surface area contributed by atoms with Gasteiger partial charge < -0.3 is 15.4 Å². The lowest BCUT2D eigenvalue weighted by atomic mass is 10.2. The average Bonchev–Trinajstić information content (AvgIpc) is 3.04. The monoisotopic (exact) mass is 328 g/mol. The molecule has 0 unspecified atom stereocenters. The number of nitrogens with one attached hydrogen (secondary N) is 2. The predicted octanol–water partition coefficient (Wildman–Crippen LogP) is 3.14. The Labute approximate surface area is 137 Å². The second-order valence-corrected chi connectivity index (χ2v) is 5.30. The second-order valence-electron chi connectivity index (χ2n) is 4.77. The number of carbonyl (C=O) groups excluding carboxylic acids is 1. The molecule has 0 spiro atoms. The van der Waals surface area contributed by atoms with Gasteiger partial charge in [-0.25, -0.2) is 0 Å². The maximum atomic E-state index is 12.2. The third kappa shape index (κ3) is 3.57. The van der Waals surface area contributed by atoms with Crippen LogP contribution in [-0.4, -0.2) is 27.8 Å². The number of aromatic nitrogens is 2. The van der Waals surface area contributed by atoms with Gasteiger partial charge in [-0.1, -0.05) is 18.2 Å². The molecule has 0 aliphatic carbocycles. The third-order valence-electron chi connectivity index (χ3n) is 3.19. The SMILES string of the molecule is CCOc1ccccc1NCC(=O)Nc1cccc2nsnc12. The van der Waals surface area contributed by atoms with Gasteiger partial charge in [0.1, 0.15) is 16.8 Å². The molecule has 0 aliphatic heterocycles. The van der Waals surface area contributed by atoms with E-state index in [1.165, 1.54) is 0 Å². The molecule has 118 valence electrons. The summed E-state index contributed by atoms with van der Waals surface area (Å²) in [6, 6.07) is 13.1. The van der Waals surface area contributed by atoms with Crippen LogP contribution in [0.15, 0.2) is 42.5 Å². The molecule has 3 aromatic rings. The van der Waals surface area contributed by atoms with Crippen LogP contribution in [0.2, 0.25) is 0 Å². The maximum absolute atomic E-state index is 12.2. The van der Waals surface area contributed by atoms with Crippen LogP contribution >= 0.6 is 11.7 Å². The molecule has 1 amide bonds. The van der Waals surface area contributed by atoms with Gasteiger partial charge in [0.25, 0.3) is 0 Å². The highest BCUT2D eigenvalue weighted by atomic mass is 32.1. The van der Waals surface area contributed by atoms with Crippen LogP contribution in [0.25, 0.3) is 11.0 Å². The number of amides is 1. The number of nitrogens with zero attached hydrogens (tertiary/aromatic N) is 2. The van der Waals surface area contributed by atoms with Crippen molar-refractivity contribution < 1.29 is 9.53 Å². The van der Waals surface area contributed by atoms with Gasteiger partial charge in [-0.3, -0.25) is 4.79 Å². The normalized spacial score (nSPS) is 10.5. The molecule has 3 rings (SSSR count). The van der Waals surface area contributed by atoms with Gasteiger partial charge in [0, 0.05) is 0 Å².